The van der Waals surface area contributed by atoms with Crippen molar-refractivity contribution in [1.82, 2.24) is 19.4 Å². The first-order valence-corrected chi connectivity index (χ1v) is 9.38. The van der Waals surface area contributed by atoms with Gasteiger partial charge in [-0.25, -0.2) is 0 Å². The average Bonchev–Trinajstić information content (AvgIpc) is 2.70. The lowest BCUT2D eigenvalue weighted by molar-refractivity contribution is -0.144. The van der Waals surface area contributed by atoms with Crippen molar-refractivity contribution < 1.29 is 9.53 Å². The normalized spacial score (nSPS) is 23.0. The highest BCUT2D eigenvalue weighted by Gasteiger charge is 2.38. The number of hydrogen-bond donors (Lipinski definition) is 0. The van der Waals surface area contributed by atoms with Crippen molar-refractivity contribution in [3.05, 3.63) is 64.8 Å². The number of likely N-dealkylation sites (tertiary alicyclic amines) is 1. The molecule has 142 valence electrons. The van der Waals surface area contributed by atoms with Crippen molar-refractivity contribution in [2.45, 2.75) is 31.7 Å². The van der Waals surface area contributed by atoms with Gasteiger partial charge in [-0.2, -0.15) is 0 Å². The molecular weight excluding hydrogens is 344 g/mol. The van der Waals surface area contributed by atoms with Crippen molar-refractivity contribution in [3.63, 3.8) is 0 Å². The van der Waals surface area contributed by atoms with Gasteiger partial charge in [-0.3, -0.25) is 19.5 Å². The summed E-state index contributed by atoms with van der Waals surface area (Å²) in [5.41, 5.74) is 1.01. The third-order valence-corrected chi connectivity index (χ3v) is 5.37. The van der Waals surface area contributed by atoms with Crippen LogP contribution in [0.15, 0.2) is 53.7 Å². The zero-order valence-corrected chi connectivity index (χ0v) is 15.2. The number of aromatic nitrogens is 2. The molecule has 27 heavy (non-hydrogen) atoms. The summed E-state index contributed by atoms with van der Waals surface area (Å²) in [5.74, 6) is -0.0198. The summed E-state index contributed by atoms with van der Waals surface area (Å²) in [7, 11) is 0. The molecule has 2 aliphatic heterocycles. The number of piperidine rings is 1. The van der Waals surface area contributed by atoms with Crippen LogP contribution in [0.1, 0.15) is 12.0 Å². The number of pyridine rings is 2. The van der Waals surface area contributed by atoms with Crippen LogP contribution in [0.3, 0.4) is 0 Å². The van der Waals surface area contributed by atoms with E-state index in [1.54, 1.807) is 24.5 Å². The first kappa shape index (κ1) is 17.9. The molecule has 0 radical (unpaired) electrons. The molecule has 0 unspecified atom stereocenters. The molecule has 0 spiro atoms. The maximum atomic E-state index is 12.8. The Kier molecular flexibility index (Phi) is 5.31. The van der Waals surface area contributed by atoms with E-state index in [1.807, 2.05) is 17.2 Å². The molecule has 0 bridgehead atoms. The van der Waals surface area contributed by atoms with Crippen LogP contribution >= 0.6 is 0 Å². The molecule has 4 rings (SSSR count). The van der Waals surface area contributed by atoms with Crippen LogP contribution in [-0.4, -0.2) is 63.6 Å². The Bertz CT molecular complexity index is 838. The van der Waals surface area contributed by atoms with Gasteiger partial charge in [0.15, 0.2) is 0 Å². The highest BCUT2D eigenvalue weighted by atomic mass is 16.5. The van der Waals surface area contributed by atoms with Crippen LogP contribution in [0.2, 0.25) is 0 Å². The number of fused-ring (bicyclic) bond motifs is 1. The summed E-state index contributed by atoms with van der Waals surface area (Å²) >= 11 is 0. The first-order chi connectivity index (χ1) is 13.2. The van der Waals surface area contributed by atoms with Gasteiger partial charge in [-0.15, -0.1) is 0 Å². The summed E-state index contributed by atoms with van der Waals surface area (Å²) < 4.78 is 7.42. The second kappa shape index (κ2) is 8.02. The van der Waals surface area contributed by atoms with Gasteiger partial charge in [-0.1, -0.05) is 12.1 Å². The van der Waals surface area contributed by atoms with E-state index in [4.69, 9.17) is 4.74 Å². The third kappa shape index (κ3) is 4.09. The van der Waals surface area contributed by atoms with Gasteiger partial charge in [0.1, 0.15) is 6.54 Å². The van der Waals surface area contributed by atoms with Crippen LogP contribution in [-0.2, 0) is 22.6 Å². The molecule has 2 atom stereocenters. The molecule has 0 aliphatic carbocycles. The van der Waals surface area contributed by atoms with Crippen LogP contribution in [0.5, 0.6) is 0 Å². The number of ether oxygens (including phenoxy) is 1. The SMILES string of the molecule is O=C(Cn1ccccc1=O)N1CC[C@@H]2OCCN(Cc3cccnc3)[C@H]2C1. The van der Waals surface area contributed by atoms with Crippen molar-refractivity contribution >= 4 is 5.91 Å². The van der Waals surface area contributed by atoms with Crippen LogP contribution in [0.4, 0.5) is 0 Å². The van der Waals surface area contributed by atoms with Crippen LogP contribution in [0.25, 0.3) is 0 Å². The molecule has 2 fully saturated rings. The largest absolute Gasteiger partial charge is 0.375 e. The van der Waals surface area contributed by atoms with E-state index in [0.717, 1.165) is 31.7 Å². The van der Waals surface area contributed by atoms with Crippen LogP contribution < -0.4 is 5.56 Å². The molecule has 0 saturated carbocycles. The number of rotatable bonds is 4. The van der Waals surface area contributed by atoms with E-state index in [0.29, 0.717) is 13.1 Å². The molecule has 7 nitrogen and oxygen atoms in total. The minimum absolute atomic E-state index is 0.0198. The Hall–Kier alpha value is -2.51. The summed E-state index contributed by atoms with van der Waals surface area (Å²) in [5, 5.41) is 0. The topological polar surface area (TPSA) is 67.7 Å². The molecule has 2 aromatic heterocycles. The first-order valence-electron chi connectivity index (χ1n) is 9.38. The molecular formula is C20H24N4O3. The number of carbonyl (C=O) groups is 1. The summed E-state index contributed by atoms with van der Waals surface area (Å²) in [4.78, 5) is 33.1. The van der Waals surface area contributed by atoms with E-state index in [1.165, 1.54) is 10.6 Å². The van der Waals surface area contributed by atoms with Crippen molar-refractivity contribution in [2.24, 2.45) is 0 Å². The Labute approximate surface area is 158 Å². The second-order valence-electron chi connectivity index (χ2n) is 7.10. The lowest BCUT2D eigenvalue weighted by Crippen LogP contribution is -2.60. The fourth-order valence-corrected chi connectivity index (χ4v) is 3.93. The minimum Gasteiger partial charge on any atom is -0.375 e. The summed E-state index contributed by atoms with van der Waals surface area (Å²) in [6.07, 6.45) is 6.30. The van der Waals surface area contributed by atoms with Gasteiger partial charge < -0.3 is 14.2 Å². The highest BCUT2D eigenvalue weighted by molar-refractivity contribution is 5.76. The molecule has 0 N–H and O–H groups in total. The lowest BCUT2D eigenvalue weighted by Gasteiger charge is -2.47. The Morgan fingerprint density at radius 3 is 2.96 bits per heavy atom. The van der Waals surface area contributed by atoms with Gasteiger partial charge in [0.25, 0.3) is 5.56 Å². The molecule has 7 heteroatoms. The monoisotopic (exact) mass is 368 g/mol. The Morgan fingerprint density at radius 1 is 1.22 bits per heavy atom. The number of carbonyl (C=O) groups excluding carboxylic acids is 1. The fraction of sp³-hybridized carbons (Fsp3) is 0.450. The van der Waals surface area contributed by atoms with E-state index in [-0.39, 0.29) is 30.2 Å². The molecule has 4 heterocycles. The maximum absolute atomic E-state index is 12.8. The number of nitrogens with zero attached hydrogens (tertiary/aromatic N) is 4. The molecule has 1 amide bonds. The lowest BCUT2D eigenvalue weighted by atomic mass is 9.98. The fourth-order valence-electron chi connectivity index (χ4n) is 3.93. The zero-order valence-electron chi connectivity index (χ0n) is 15.2. The zero-order chi connectivity index (χ0) is 18.6. The van der Waals surface area contributed by atoms with E-state index in [2.05, 4.69) is 16.0 Å². The van der Waals surface area contributed by atoms with Crippen molar-refractivity contribution in [1.29, 1.82) is 0 Å². The van der Waals surface area contributed by atoms with E-state index in [9.17, 15) is 9.59 Å². The maximum Gasteiger partial charge on any atom is 0.250 e. The summed E-state index contributed by atoms with van der Waals surface area (Å²) in [6.45, 7) is 3.75. The molecule has 0 aromatic carbocycles. The Morgan fingerprint density at radius 2 is 2.15 bits per heavy atom. The average molecular weight is 368 g/mol. The highest BCUT2D eigenvalue weighted by Crippen LogP contribution is 2.24. The van der Waals surface area contributed by atoms with Crippen LogP contribution in [0, 0.1) is 0 Å². The van der Waals surface area contributed by atoms with Crippen molar-refractivity contribution in [3.8, 4) is 0 Å². The number of amides is 1. The molecule has 2 aromatic rings. The summed E-state index contributed by atoms with van der Waals surface area (Å²) in [6, 6.07) is 9.12. The van der Waals surface area contributed by atoms with E-state index >= 15 is 0 Å². The van der Waals surface area contributed by atoms with Gasteiger partial charge in [0, 0.05) is 50.8 Å². The van der Waals surface area contributed by atoms with Gasteiger partial charge >= 0.3 is 0 Å². The van der Waals surface area contributed by atoms with Gasteiger partial charge in [-0.05, 0) is 24.1 Å². The predicted molar refractivity (Wildman–Crippen MR) is 100 cm³/mol. The van der Waals surface area contributed by atoms with Gasteiger partial charge in [0.2, 0.25) is 5.91 Å². The third-order valence-electron chi connectivity index (χ3n) is 5.37. The quantitative estimate of drug-likeness (QED) is 0.797. The Balaban J connectivity index is 1.44. The number of hydrogen-bond acceptors (Lipinski definition) is 5. The van der Waals surface area contributed by atoms with Crippen molar-refractivity contribution in [2.75, 3.05) is 26.2 Å². The van der Waals surface area contributed by atoms with Gasteiger partial charge in [0.05, 0.1) is 18.8 Å². The molecule has 2 saturated heterocycles. The smallest absolute Gasteiger partial charge is 0.250 e. The van der Waals surface area contributed by atoms with E-state index < -0.39 is 0 Å². The molecule has 2 aliphatic rings. The standard InChI is InChI=1S/C20H24N4O3/c25-19-5-1-2-8-23(19)15-20(26)24-9-6-18-17(14-24)22(10-11-27-18)13-16-4-3-7-21-12-16/h1-5,7-8,12,17-18H,6,9-11,13-15H2/t17-,18-/m0/s1. The number of morpholine rings is 1. The minimum atomic E-state index is -0.153. The second-order valence-corrected chi connectivity index (χ2v) is 7.10. The predicted octanol–water partition coefficient (Wildman–Crippen LogP) is 0.745.